The van der Waals surface area contributed by atoms with Crippen LogP contribution >= 0.6 is 11.6 Å². The van der Waals surface area contributed by atoms with Crippen LogP contribution in [0.15, 0.2) is 24.5 Å². The molecule has 3 heterocycles. The molecule has 0 aliphatic rings. The minimum atomic E-state index is -4.38. The van der Waals surface area contributed by atoms with Crippen LogP contribution in [0.25, 0.3) is 16.9 Å². The van der Waals surface area contributed by atoms with Crippen LogP contribution in [0.1, 0.15) is 24.1 Å². The van der Waals surface area contributed by atoms with Gasteiger partial charge in [0.25, 0.3) is 0 Å². The van der Waals surface area contributed by atoms with Crippen molar-refractivity contribution in [2.45, 2.75) is 32.4 Å². The summed E-state index contributed by atoms with van der Waals surface area (Å²) in [6.45, 7) is 1.17. The molecule has 0 radical (unpaired) electrons. The van der Waals surface area contributed by atoms with Gasteiger partial charge >= 0.3 is 12.3 Å². The summed E-state index contributed by atoms with van der Waals surface area (Å²) < 4.78 is 70.6. The number of amides is 1. The molecule has 0 atom stereocenters. The summed E-state index contributed by atoms with van der Waals surface area (Å²) in [5, 5.41) is 5.63. The van der Waals surface area contributed by atoms with Gasteiger partial charge in [0.15, 0.2) is 0 Å². The zero-order valence-corrected chi connectivity index (χ0v) is 19.3. The van der Waals surface area contributed by atoms with E-state index < -0.39 is 47.5 Å². The van der Waals surface area contributed by atoms with Gasteiger partial charge in [-0.3, -0.25) is 9.25 Å². The van der Waals surface area contributed by atoms with E-state index in [-0.39, 0.29) is 6.42 Å². The Morgan fingerprint density at radius 1 is 1.33 bits per heavy atom. The van der Waals surface area contributed by atoms with E-state index in [2.05, 4.69) is 14.8 Å². The molecule has 0 bridgehead atoms. The van der Waals surface area contributed by atoms with E-state index in [1.54, 1.807) is 40.2 Å². The number of hydrogen-bond donors (Lipinski definition) is 1. The minimum absolute atomic E-state index is 0.0129. The third kappa shape index (κ3) is 6.38. The number of carbonyl (C=O) groups excluding carboxylic acids is 1. The number of alkyl halides is 3. The molecule has 1 amide bonds. The fraction of sp³-hybridized carbons (Fsp3) is 0.421. The molecule has 14 heteroatoms. The van der Waals surface area contributed by atoms with Crippen molar-refractivity contribution in [3.05, 3.63) is 40.8 Å². The quantitative estimate of drug-likeness (QED) is 0.466. The average molecular weight is 508 g/mol. The Labute approximate surface area is 192 Å². The number of pyridine rings is 1. The van der Waals surface area contributed by atoms with Crippen molar-refractivity contribution in [2.75, 3.05) is 12.4 Å². The van der Waals surface area contributed by atoms with Gasteiger partial charge in [-0.25, -0.2) is 22.9 Å². The number of hydrogen-bond acceptors (Lipinski definition) is 6. The number of fused-ring (bicyclic) bond motifs is 1. The molecule has 0 aromatic carbocycles. The predicted octanol–water partition coefficient (Wildman–Crippen LogP) is 3.66. The standard InChI is InChI=1S/C19H21ClF3N5O4S/c1-12-15(5-9-33(30,31)26-18(29)32-8-3-6-19(21,22)23)17(27(2)25-12)28-7-4-13-10-14(20)11-24-16(13)28/h4,7,10-11H,3,5-6,8-9H2,1-2H3,(H,26,29). The van der Waals surface area contributed by atoms with Crippen LogP contribution in [0.4, 0.5) is 18.0 Å². The first-order valence-electron chi connectivity index (χ1n) is 9.76. The summed E-state index contributed by atoms with van der Waals surface area (Å²) >= 11 is 5.99. The Morgan fingerprint density at radius 2 is 2.06 bits per heavy atom. The predicted molar refractivity (Wildman–Crippen MR) is 115 cm³/mol. The highest BCUT2D eigenvalue weighted by molar-refractivity contribution is 7.90. The highest BCUT2D eigenvalue weighted by atomic mass is 35.5. The lowest BCUT2D eigenvalue weighted by atomic mass is 10.2. The molecule has 33 heavy (non-hydrogen) atoms. The van der Waals surface area contributed by atoms with Crippen LogP contribution in [0.5, 0.6) is 0 Å². The summed E-state index contributed by atoms with van der Waals surface area (Å²) in [6.07, 6.45) is -4.02. The molecule has 1 N–H and O–H groups in total. The van der Waals surface area contributed by atoms with Crippen LogP contribution in [-0.4, -0.2) is 52.4 Å². The van der Waals surface area contributed by atoms with Gasteiger partial charge in [-0.2, -0.15) is 18.3 Å². The molecule has 0 aliphatic heterocycles. The number of aryl methyl sites for hydroxylation is 2. The maximum absolute atomic E-state index is 12.3. The second-order valence-corrected chi connectivity index (χ2v) is 9.57. The van der Waals surface area contributed by atoms with Gasteiger partial charge in [0, 0.05) is 36.8 Å². The number of rotatable bonds is 8. The lowest BCUT2D eigenvalue weighted by Gasteiger charge is -2.11. The van der Waals surface area contributed by atoms with Crippen LogP contribution < -0.4 is 4.72 Å². The number of sulfonamides is 1. The summed E-state index contributed by atoms with van der Waals surface area (Å²) in [5.41, 5.74) is 1.82. The smallest absolute Gasteiger partial charge is 0.420 e. The maximum atomic E-state index is 12.3. The zero-order valence-electron chi connectivity index (χ0n) is 17.7. The van der Waals surface area contributed by atoms with Gasteiger partial charge in [0.1, 0.15) is 11.5 Å². The monoisotopic (exact) mass is 507 g/mol. The molecule has 0 unspecified atom stereocenters. The van der Waals surface area contributed by atoms with Crippen LogP contribution in [-0.2, 0) is 28.2 Å². The van der Waals surface area contributed by atoms with E-state index in [1.165, 1.54) is 6.20 Å². The molecular weight excluding hydrogens is 487 g/mol. The molecule has 3 aromatic heterocycles. The summed E-state index contributed by atoms with van der Waals surface area (Å²) in [7, 11) is -2.40. The first-order valence-corrected chi connectivity index (χ1v) is 11.8. The summed E-state index contributed by atoms with van der Waals surface area (Å²) in [4.78, 5) is 16.0. The van der Waals surface area contributed by atoms with Gasteiger partial charge < -0.3 is 4.74 Å². The van der Waals surface area contributed by atoms with E-state index in [0.717, 1.165) is 5.39 Å². The Balaban J connectivity index is 1.69. The molecule has 3 aromatic rings. The number of aromatic nitrogens is 4. The molecule has 0 saturated carbocycles. The number of carbonyl (C=O) groups is 1. The fourth-order valence-electron chi connectivity index (χ4n) is 3.33. The first-order chi connectivity index (χ1) is 15.4. The molecular formula is C19H21ClF3N5O4S. The molecule has 0 fully saturated rings. The van der Waals surface area contributed by atoms with Crippen molar-refractivity contribution >= 4 is 38.8 Å². The van der Waals surface area contributed by atoms with E-state index in [4.69, 9.17) is 11.6 Å². The fourth-order valence-corrected chi connectivity index (χ4v) is 4.39. The van der Waals surface area contributed by atoms with Gasteiger partial charge in [0.05, 0.1) is 23.1 Å². The normalized spacial score (nSPS) is 12.3. The second kappa shape index (κ2) is 9.59. The lowest BCUT2D eigenvalue weighted by molar-refractivity contribution is -0.137. The number of nitrogens with one attached hydrogen (secondary N) is 1. The van der Waals surface area contributed by atoms with Gasteiger partial charge in [-0.05, 0) is 31.9 Å². The maximum Gasteiger partial charge on any atom is 0.420 e. The highest BCUT2D eigenvalue weighted by Crippen LogP contribution is 2.25. The van der Waals surface area contributed by atoms with Gasteiger partial charge in [-0.1, -0.05) is 11.6 Å². The van der Waals surface area contributed by atoms with Gasteiger partial charge in [-0.15, -0.1) is 0 Å². The largest absolute Gasteiger partial charge is 0.449 e. The van der Waals surface area contributed by atoms with Crippen molar-refractivity contribution in [3.63, 3.8) is 0 Å². The molecule has 180 valence electrons. The van der Waals surface area contributed by atoms with Crippen molar-refractivity contribution in [1.29, 1.82) is 0 Å². The third-order valence-corrected chi connectivity index (χ3v) is 6.16. The van der Waals surface area contributed by atoms with Crippen molar-refractivity contribution in [3.8, 4) is 5.82 Å². The van der Waals surface area contributed by atoms with Crippen molar-refractivity contribution < 1.29 is 31.1 Å². The Morgan fingerprint density at radius 3 is 2.76 bits per heavy atom. The van der Waals surface area contributed by atoms with Crippen LogP contribution in [0, 0.1) is 6.92 Å². The third-order valence-electron chi connectivity index (χ3n) is 4.73. The first kappa shape index (κ1) is 24.8. The molecule has 9 nitrogen and oxygen atoms in total. The molecule has 0 spiro atoms. The lowest BCUT2D eigenvalue weighted by Crippen LogP contribution is -2.34. The summed E-state index contributed by atoms with van der Waals surface area (Å²) in [6, 6.07) is 3.56. The number of halogens is 4. The van der Waals surface area contributed by atoms with Crippen LogP contribution in [0.3, 0.4) is 0 Å². The minimum Gasteiger partial charge on any atom is -0.449 e. The van der Waals surface area contributed by atoms with E-state index in [1.807, 2.05) is 6.07 Å². The highest BCUT2D eigenvalue weighted by Gasteiger charge is 2.26. The van der Waals surface area contributed by atoms with E-state index >= 15 is 0 Å². The van der Waals surface area contributed by atoms with Crippen LogP contribution in [0.2, 0.25) is 5.02 Å². The molecule has 0 aliphatic carbocycles. The van der Waals surface area contributed by atoms with E-state index in [9.17, 15) is 26.4 Å². The average Bonchev–Trinajstić information content (AvgIpc) is 3.21. The molecule has 3 rings (SSSR count). The Bertz CT molecular complexity index is 1270. The Hall–Kier alpha value is -2.80. The van der Waals surface area contributed by atoms with Crippen molar-refractivity contribution in [2.24, 2.45) is 7.05 Å². The summed E-state index contributed by atoms with van der Waals surface area (Å²) in [5.74, 6) is 0.130. The van der Waals surface area contributed by atoms with E-state index in [0.29, 0.717) is 27.7 Å². The molecule has 0 saturated heterocycles. The number of ether oxygens (including phenoxy) is 1. The SMILES string of the molecule is Cc1nn(C)c(-n2ccc3cc(Cl)cnc32)c1CCS(=O)(=O)NC(=O)OCCCC(F)(F)F. The second-order valence-electron chi connectivity index (χ2n) is 7.29. The van der Waals surface area contributed by atoms with Gasteiger partial charge in [0.2, 0.25) is 10.0 Å². The van der Waals surface area contributed by atoms with Crippen molar-refractivity contribution in [1.82, 2.24) is 24.1 Å². The Kier molecular flexibility index (Phi) is 7.22. The topological polar surface area (TPSA) is 108 Å². The zero-order chi connectivity index (χ0) is 24.4. The number of nitrogens with zero attached hydrogens (tertiary/aromatic N) is 4.